The fourth-order valence-corrected chi connectivity index (χ4v) is 0.797. The molecule has 102 valence electrons. The SMILES string of the molecule is CNC(=O)OCC(=O)NCCC(=O)NC(=O)OC. The second-order valence-corrected chi connectivity index (χ2v) is 2.97. The van der Waals surface area contributed by atoms with E-state index in [-0.39, 0.29) is 13.0 Å². The van der Waals surface area contributed by atoms with Gasteiger partial charge in [0.2, 0.25) is 5.91 Å². The van der Waals surface area contributed by atoms with Crippen molar-refractivity contribution >= 4 is 24.0 Å². The molecule has 18 heavy (non-hydrogen) atoms. The number of carbonyl (C=O) groups excluding carboxylic acids is 4. The van der Waals surface area contributed by atoms with Gasteiger partial charge in [-0.05, 0) is 0 Å². The number of nitrogens with one attached hydrogen (secondary N) is 3. The van der Waals surface area contributed by atoms with Crippen LogP contribution in [0.4, 0.5) is 9.59 Å². The van der Waals surface area contributed by atoms with Crippen LogP contribution in [-0.2, 0) is 19.1 Å². The van der Waals surface area contributed by atoms with Crippen molar-refractivity contribution in [3.63, 3.8) is 0 Å². The lowest BCUT2D eigenvalue weighted by Gasteiger charge is -2.06. The number of hydrogen-bond acceptors (Lipinski definition) is 6. The highest BCUT2D eigenvalue weighted by Gasteiger charge is 2.09. The van der Waals surface area contributed by atoms with Crippen molar-refractivity contribution in [2.45, 2.75) is 6.42 Å². The van der Waals surface area contributed by atoms with Crippen LogP contribution in [0, 0.1) is 0 Å². The second-order valence-electron chi connectivity index (χ2n) is 2.97. The molecule has 0 fully saturated rings. The molecule has 0 unspecified atom stereocenters. The maximum absolute atomic E-state index is 11.1. The van der Waals surface area contributed by atoms with E-state index in [0.29, 0.717) is 0 Å². The molecule has 0 aliphatic rings. The van der Waals surface area contributed by atoms with E-state index in [1.807, 2.05) is 5.32 Å². The van der Waals surface area contributed by atoms with Gasteiger partial charge in [-0.3, -0.25) is 14.9 Å². The minimum Gasteiger partial charge on any atom is -0.453 e. The normalized spacial score (nSPS) is 9.00. The summed E-state index contributed by atoms with van der Waals surface area (Å²) in [6.45, 7) is -0.433. The molecule has 9 heteroatoms. The van der Waals surface area contributed by atoms with Crippen molar-refractivity contribution < 1.29 is 28.7 Å². The Hall–Kier alpha value is -2.32. The topological polar surface area (TPSA) is 123 Å². The summed E-state index contributed by atoms with van der Waals surface area (Å²) in [4.78, 5) is 43.4. The average Bonchev–Trinajstić information content (AvgIpc) is 2.35. The summed E-state index contributed by atoms with van der Waals surface area (Å²) in [5.41, 5.74) is 0. The minimum atomic E-state index is -0.866. The number of ether oxygens (including phenoxy) is 2. The third-order valence-electron chi connectivity index (χ3n) is 1.64. The molecule has 0 saturated carbocycles. The van der Waals surface area contributed by atoms with Gasteiger partial charge in [-0.15, -0.1) is 0 Å². The van der Waals surface area contributed by atoms with Crippen molar-refractivity contribution in [1.82, 2.24) is 16.0 Å². The Labute approximate surface area is 103 Å². The van der Waals surface area contributed by atoms with Crippen LogP contribution in [0.1, 0.15) is 6.42 Å². The second kappa shape index (κ2) is 8.79. The number of hydrogen-bond donors (Lipinski definition) is 3. The monoisotopic (exact) mass is 261 g/mol. The molecule has 3 N–H and O–H groups in total. The Morgan fingerprint density at radius 2 is 1.72 bits per heavy atom. The molecule has 0 aromatic heterocycles. The largest absolute Gasteiger partial charge is 0.453 e. The third-order valence-corrected chi connectivity index (χ3v) is 1.64. The van der Waals surface area contributed by atoms with Crippen LogP contribution in [0.5, 0.6) is 0 Å². The molecule has 9 nitrogen and oxygen atoms in total. The Morgan fingerprint density at radius 1 is 1.06 bits per heavy atom. The van der Waals surface area contributed by atoms with Gasteiger partial charge in [0.15, 0.2) is 6.61 Å². The molecule has 0 aromatic rings. The van der Waals surface area contributed by atoms with Gasteiger partial charge in [-0.25, -0.2) is 9.59 Å². The van der Waals surface area contributed by atoms with Crippen molar-refractivity contribution in [1.29, 1.82) is 0 Å². The Morgan fingerprint density at radius 3 is 2.28 bits per heavy atom. The zero-order valence-electron chi connectivity index (χ0n) is 10.1. The number of imide groups is 1. The summed E-state index contributed by atoms with van der Waals surface area (Å²) < 4.78 is 8.66. The average molecular weight is 261 g/mol. The summed E-state index contributed by atoms with van der Waals surface area (Å²) in [5.74, 6) is -1.14. The predicted octanol–water partition coefficient (Wildman–Crippen LogP) is -1.27. The molecule has 0 aliphatic heterocycles. The molecule has 0 radical (unpaired) electrons. The highest BCUT2D eigenvalue weighted by molar-refractivity contribution is 5.92. The molecule has 0 heterocycles. The zero-order chi connectivity index (χ0) is 14.0. The number of alkyl carbamates (subject to hydrolysis) is 2. The van der Waals surface area contributed by atoms with Gasteiger partial charge < -0.3 is 20.1 Å². The first-order chi connectivity index (χ1) is 8.49. The van der Waals surface area contributed by atoms with E-state index in [1.54, 1.807) is 0 Å². The first kappa shape index (κ1) is 15.7. The lowest BCUT2D eigenvalue weighted by molar-refractivity contribution is -0.124. The summed E-state index contributed by atoms with van der Waals surface area (Å²) in [7, 11) is 2.48. The van der Waals surface area contributed by atoms with Gasteiger partial charge in [-0.2, -0.15) is 0 Å². The van der Waals surface area contributed by atoms with Crippen LogP contribution in [0.3, 0.4) is 0 Å². The van der Waals surface area contributed by atoms with E-state index in [9.17, 15) is 19.2 Å². The molecule has 0 rings (SSSR count). The summed E-state index contributed by atoms with van der Waals surface area (Å²) >= 11 is 0. The molecule has 0 bridgehead atoms. The minimum absolute atomic E-state index is 0.0127. The quantitative estimate of drug-likeness (QED) is 0.567. The van der Waals surface area contributed by atoms with E-state index in [1.165, 1.54) is 7.05 Å². The van der Waals surface area contributed by atoms with Crippen molar-refractivity contribution in [2.75, 3.05) is 27.3 Å². The van der Waals surface area contributed by atoms with Crippen LogP contribution in [-0.4, -0.2) is 51.3 Å². The third kappa shape index (κ3) is 7.91. The van der Waals surface area contributed by atoms with E-state index in [0.717, 1.165) is 7.11 Å². The van der Waals surface area contributed by atoms with E-state index < -0.39 is 30.6 Å². The zero-order valence-corrected chi connectivity index (χ0v) is 10.1. The maximum Gasteiger partial charge on any atom is 0.413 e. The Bertz CT molecular complexity index is 330. The van der Waals surface area contributed by atoms with Crippen molar-refractivity contribution in [3.05, 3.63) is 0 Å². The van der Waals surface area contributed by atoms with Gasteiger partial charge >= 0.3 is 12.2 Å². The predicted molar refractivity (Wildman–Crippen MR) is 58.6 cm³/mol. The summed E-state index contributed by atoms with van der Waals surface area (Å²) in [6.07, 6.45) is -1.69. The standard InChI is InChI=1S/C9H15N3O6/c1-10-8(15)18-5-7(14)11-4-3-6(13)12-9(16)17-2/h3-5H2,1-2H3,(H,10,15)(H,11,14)(H,12,13,16). The maximum atomic E-state index is 11.1. The van der Waals surface area contributed by atoms with E-state index in [4.69, 9.17) is 0 Å². The fraction of sp³-hybridized carbons (Fsp3) is 0.556. The van der Waals surface area contributed by atoms with E-state index >= 15 is 0 Å². The van der Waals surface area contributed by atoms with Crippen LogP contribution >= 0.6 is 0 Å². The number of carbonyl (C=O) groups is 4. The molecule has 0 saturated heterocycles. The van der Waals surface area contributed by atoms with Crippen LogP contribution in [0.25, 0.3) is 0 Å². The molecular formula is C9H15N3O6. The van der Waals surface area contributed by atoms with Gasteiger partial charge in [0.1, 0.15) is 0 Å². The summed E-state index contributed by atoms with van der Waals surface area (Å²) in [5, 5.41) is 6.41. The lowest BCUT2D eigenvalue weighted by Crippen LogP contribution is -2.36. The number of amides is 4. The van der Waals surface area contributed by atoms with Gasteiger partial charge in [0.25, 0.3) is 5.91 Å². The van der Waals surface area contributed by atoms with Crippen molar-refractivity contribution in [3.8, 4) is 0 Å². The fourth-order valence-electron chi connectivity index (χ4n) is 0.797. The van der Waals surface area contributed by atoms with Gasteiger partial charge in [0.05, 0.1) is 7.11 Å². The highest BCUT2D eigenvalue weighted by atomic mass is 16.6. The molecule has 0 spiro atoms. The van der Waals surface area contributed by atoms with Crippen LogP contribution < -0.4 is 16.0 Å². The van der Waals surface area contributed by atoms with E-state index in [2.05, 4.69) is 20.1 Å². The molecular weight excluding hydrogens is 246 g/mol. The van der Waals surface area contributed by atoms with Crippen molar-refractivity contribution in [2.24, 2.45) is 0 Å². The molecule has 0 aromatic carbocycles. The number of methoxy groups -OCH3 is 1. The smallest absolute Gasteiger partial charge is 0.413 e. The first-order valence-corrected chi connectivity index (χ1v) is 4.98. The highest BCUT2D eigenvalue weighted by Crippen LogP contribution is 1.81. The van der Waals surface area contributed by atoms with Gasteiger partial charge in [0, 0.05) is 20.0 Å². The molecule has 0 atom stereocenters. The lowest BCUT2D eigenvalue weighted by atomic mass is 10.4. The first-order valence-electron chi connectivity index (χ1n) is 4.98. The van der Waals surface area contributed by atoms with Crippen LogP contribution in [0.2, 0.25) is 0 Å². The summed E-state index contributed by atoms with van der Waals surface area (Å²) in [6, 6.07) is 0. The number of rotatable bonds is 5. The Balaban J connectivity index is 3.65. The molecule has 4 amide bonds. The van der Waals surface area contributed by atoms with Gasteiger partial charge in [-0.1, -0.05) is 0 Å². The van der Waals surface area contributed by atoms with Crippen LogP contribution in [0.15, 0.2) is 0 Å². The molecule has 0 aliphatic carbocycles. The Kier molecular flexibility index (Phi) is 7.66.